The minimum Gasteiger partial charge on any atom is -0.386 e. The van der Waals surface area contributed by atoms with Crippen molar-refractivity contribution in [2.45, 2.75) is 45.4 Å². The zero-order valence-corrected chi connectivity index (χ0v) is 9.76. The first-order valence-electron chi connectivity index (χ1n) is 5.51. The molecule has 0 aromatic rings. The molecule has 82 valence electrons. The second-order valence-corrected chi connectivity index (χ2v) is 4.86. The summed E-state index contributed by atoms with van der Waals surface area (Å²) >= 11 is 0. The molecule has 0 aromatic heterocycles. The van der Waals surface area contributed by atoms with Gasteiger partial charge in [-0.25, -0.2) is 0 Å². The van der Waals surface area contributed by atoms with E-state index in [1.807, 2.05) is 10.8 Å². The fourth-order valence-corrected chi connectivity index (χ4v) is 2.33. The summed E-state index contributed by atoms with van der Waals surface area (Å²) in [6.45, 7) is 3.26. The molecule has 0 fully saturated rings. The summed E-state index contributed by atoms with van der Waals surface area (Å²) in [5.41, 5.74) is 0. The Morgan fingerprint density at radius 1 is 1.21 bits per heavy atom. The van der Waals surface area contributed by atoms with Gasteiger partial charge < -0.3 is 14.5 Å². The maximum absolute atomic E-state index is 11.0. The van der Waals surface area contributed by atoms with Gasteiger partial charge in [-0.05, 0) is 6.42 Å². The molecule has 2 nitrogen and oxygen atoms in total. The first-order chi connectivity index (χ1) is 6.83. The van der Waals surface area contributed by atoms with Crippen LogP contribution in [0.4, 0.5) is 0 Å². The monoisotopic (exact) mass is 214 g/mol. The largest absolute Gasteiger partial charge is 0.386 e. The van der Waals surface area contributed by atoms with Crippen molar-refractivity contribution in [2.75, 3.05) is 6.54 Å². The van der Waals surface area contributed by atoms with Crippen LogP contribution < -0.4 is 0 Å². The number of rotatable bonds is 7. The van der Waals surface area contributed by atoms with Crippen LogP contribution in [0.15, 0.2) is 0 Å². The molecule has 3 heteroatoms. The van der Waals surface area contributed by atoms with Gasteiger partial charge in [0.25, 0.3) is 0 Å². The van der Waals surface area contributed by atoms with Crippen LogP contribution in [0.3, 0.4) is 0 Å². The summed E-state index contributed by atoms with van der Waals surface area (Å²) in [4.78, 5) is 0. The molecule has 0 aromatic carbocycles. The Kier molecular flexibility index (Phi) is 5.76. The molecule has 0 N–H and O–H groups in total. The van der Waals surface area contributed by atoms with E-state index >= 15 is 0 Å². The normalized spacial score (nSPS) is 20.1. The zero-order valence-electron chi connectivity index (χ0n) is 8.95. The quantitative estimate of drug-likeness (QED) is 0.362. The Morgan fingerprint density at radius 2 is 1.93 bits per heavy atom. The molecule has 0 saturated carbocycles. The van der Waals surface area contributed by atoms with Gasteiger partial charge in [0.1, 0.15) is 6.54 Å². The van der Waals surface area contributed by atoms with Crippen molar-refractivity contribution in [1.29, 1.82) is 0 Å². The van der Waals surface area contributed by atoms with E-state index in [2.05, 4.69) is 6.92 Å². The maximum atomic E-state index is 11.0. The molecule has 0 saturated heterocycles. The summed E-state index contributed by atoms with van der Waals surface area (Å²) in [6, 6.07) is 0. The van der Waals surface area contributed by atoms with Gasteiger partial charge in [0.2, 0.25) is 0 Å². The van der Waals surface area contributed by atoms with Crippen LogP contribution in [0.2, 0.25) is 0 Å². The Labute approximate surface area is 89.9 Å². The fourth-order valence-electron chi connectivity index (χ4n) is 1.54. The Bertz CT molecular complexity index is 213. The first-order valence-corrected chi connectivity index (χ1v) is 6.79. The smallest absolute Gasteiger partial charge is 0.114 e. The van der Waals surface area contributed by atoms with Gasteiger partial charge in [-0.1, -0.05) is 32.6 Å². The van der Waals surface area contributed by atoms with Crippen molar-refractivity contribution in [3.8, 4) is 0 Å². The molecule has 1 rings (SSSR count). The molecule has 0 aliphatic carbocycles. The molecule has 1 heterocycles. The molecular formula is C11H20NOS-. The number of hydrogen-bond acceptors (Lipinski definition) is 1. The van der Waals surface area contributed by atoms with E-state index in [4.69, 9.17) is 0 Å². The van der Waals surface area contributed by atoms with E-state index in [-0.39, 0.29) is 0 Å². The molecule has 14 heavy (non-hydrogen) atoms. The van der Waals surface area contributed by atoms with E-state index in [9.17, 15) is 4.21 Å². The molecular weight excluding hydrogens is 194 g/mol. The predicted octanol–water partition coefficient (Wildman–Crippen LogP) is 2.47. The van der Waals surface area contributed by atoms with Gasteiger partial charge in [0.05, 0.1) is 5.88 Å². The van der Waals surface area contributed by atoms with Gasteiger partial charge in [0.15, 0.2) is 0 Å². The summed E-state index contributed by atoms with van der Waals surface area (Å²) in [5, 5.41) is 0. The number of hydrogen-bond donors (Lipinski definition) is 0. The van der Waals surface area contributed by atoms with Crippen LogP contribution in [0, 0.1) is 11.6 Å². The number of unbranched alkanes of at least 4 members (excludes halogenated alkanes) is 5. The zero-order chi connectivity index (χ0) is 10.2. The van der Waals surface area contributed by atoms with Crippen LogP contribution >= 0.6 is 0 Å². The molecule has 1 unspecified atom stereocenters. The molecule has 1 atom stereocenters. The van der Waals surface area contributed by atoms with Crippen molar-refractivity contribution >= 4 is 17.0 Å². The summed E-state index contributed by atoms with van der Waals surface area (Å²) < 4.78 is 13.0. The highest BCUT2D eigenvalue weighted by atomic mass is 32.2. The third-order valence-electron chi connectivity index (χ3n) is 2.40. The van der Waals surface area contributed by atoms with Crippen molar-refractivity contribution in [3.63, 3.8) is 0 Å². The van der Waals surface area contributed by atoms with E-state index < -0.39 is 10.8 Å². The van der Waals surface area contributed by atoms with Crippen LogP contribution in [-0.4, -0.2) is 21.5 Å². The lowest BCUT2D eigenvalue weighted by atomic mass is 10.1. The molecule has 0 amide bonds. The van der Waals surface area contributed by atoms with E-state index in [1.165, 1.54) is 38.5 Å². The highest BCUT2D eigenvalue weighted by molar-refractivity contribution is 7.89. The van der Waals surface area contributed by atoms with Crippen LogP contribution in [0.1, 0.15) is 45.4 Å². The lowest BCUT2D eigenvalue weighted by Gasteiger charge is -2.05. The lowest BCUT2D eigenvalue weighted by Crippen LogP contribution is -2.07. The van der Waals surface area contributed by atoms with Crippen LogP contribution in [-0.2, 0) is 10.8 Å². The van der Waals surface area contributed by atoms with Crippen molar-refractivity contribution in [2.24, 2.45) is 0 Å². The van der Waals surface area contributed by atoms with Crippen molar-refractivity contribution in [3.05, 3.63) is 11.6 Å². The van der Waals surface area contributed by atoms with Crippen molar-refractivity contribution in [1.82, 2.24) is 0 Å². The van der Waals surface area contributed by atoms with Gasteiger partial charge in [-0.15, -0.1) is 17.0 Å². The maximum Gasteiger partial charge on any atom is 0.114 e. The van der Waals surface area contributed by atoms with Gasteiger partial charge >= 0.3 is 0 Å². The molecule has 1 aliphatic rings. The predicted molar refractivity (Wildman–Crippen MR) is 61.3 cm³/mol. The second-order valence-electron chi connectivity index (χ2n) is 3.72. The average molecular weight is 214 g/mol. The standard InChI is InChI=1S/C11H20NOS/c1-2-3-4-5-6-7-8-12-9-10-14(13)11-12/h9-11H,2-8H2,1H3/q-1. The Hall–Kier alpha value is -0.440. The highest BCUT2D eigenvalue weighted by Gasteiger charge is 2.00. The Balaban J connectivity index is 1.91. The van der Waals surface area contributed by atoms with Crippen LogP contribution in [0.5, 0.6) is 0 Å². The van der Waals surface area contributed by atoms with Gasteiger partial charge in [-0.3, -0.25) is 0 Å². The van der Waals surface area contributed by atoms with E-state index in [1.54, 1.807) is 11.6 Å². The van der Waals surface area contributed by atoms with Crippen molar-refractivity contribution < 1.29 is 8.78 Å². The molecule has 0 spiro atoms. The third kappa shape index (κ3) is 4.70. The fraction of sp³-hybridized carbons (Fsp3) is 0.727. The summed E-state index contributed by atoms with van der Waals surface area (Å²) in [7, 11) is -0.843. The highest BCUT2D eigenvalue weighted by Crippen LogP contribution is 2.07. The Morgan fingerprint density at radius 3 is 2.57 bits per heavy atom. The topological polar surface area (TPSA) is 20.1 Å². The average Bonchev–Trinajstić information content (AvgIpc) is 2.58. The minimum absolute atomic E-state index is 0.843. The molecule has 1 aliphatic heterocycles. The molecule has 0 bridgehead atoms. The SMILES string of the molecule is CCCCCCCC[N+]1=C[CH-]S(=O)[CH-]1. The van der Waals surface area contributed by atoms with E-state index in [0.717, 1.165) is 6.54 Å². The summed E-state index contributed by atoms with van der Waals surface area (Å²) in [5.74, 6) is 3.52. The third-order valence-corrected chi connectivity index (χ3v) is 3.26. The van der Waals surface area contributed by atoms with Crippen LogP contribution in [0.25, 0.3) is 0 Å². The van der Waals surface area contributed by atoms with Gasteiger partial charge in [0, 0.05) is 6.42 Å². The molecule has 0 radical (unpaired) electrons. The lowest BCUT2D eigenvalue weighted by molar-refractivity contribution is -0.466. The number of nitrogens with zero attached hydrogens (tertiary/aromatic N) is 1. The van der Waals surface area contributed by atoms with E-state index in [0.29, 0.717) is 0 Å². The summed E-state index contributed by atoms with van der Waals surface area (Å²) in [6.07, 6.45) is 9.80. The minimum atomic E-state index is -0.843. The second kappa shape index (κ2) is 6.93. The van der Waals surface area contributed by atoms with Gasteiger partial charge in [-0.2, -0.15) is 0 Å². The first kappa shape index (κ1) is 11.6.